The van der Waals surface area contributed by atoms with Crippen LogP contribution in [0.1, 0.15) is 147 Å². The molecule has 3 heterocycles. The maximum Gasteiger partial charge on any atom is 0.197 e. The maximum atomic E-state index is 13.7. The fourth-order valence-corrected chi connectivity index (χ4v) is 15.3. The number of ketones is 4. The zero-order valence-corrected chi connectivity index (χ0v) is 33.8. The third kappa shape index (κ3) is 4.64. The first kappa shape index (κ1) is 35.8. The fraction of sp³-hybridized carbons (Fsp3) is 0.250. The van der Waals surface area contributed by atoms with Crippen molar-refractivity contribution in [3.05, 3.63) is 134 Å². The molecule has 0 atom stereocenters. The van der Waals surface area contributed by atoms with E-state index in [1.807, 2.05) is 23.5 Å². The SMILES string of the molecule is [C-]#[N+]c1cc2c(cc1[N+]#[C-])C(=O)C(=Cc1cc3c(s1)C1=C(c4sc5cc(C=C6C(=O)c7cc(C#N)c(C#N)cc7C6=O)sc5c4C14CCCCC4)C31CCCCC1)C2=O. The summed E-state index contributed by atoms with van der Waals surface area (Å²) in [6.45, 7) is 15.0. The predicted molar refractivity (Wildman–Crippen MR) is 228 cm³/mol. The predicted octanol–water partition coefficient (Wildman–Crippen LogP) is 12.1. The van der Waals surface area contributed by atoms with Crippen molar-refractivity contribution in [3.8, 4) is 12.1 Å². The van der Waals surface area contributed by atoms with Crippen LogP contribution in [0.4, 0.5) is 11.4 Å². The van der Waals surface area contributed by atoms with E-state index in [2.05, 4.69) is 21.8 Å². The molecule has 6 aliphatic rings. The van der Waals surface area contributed by atoms with Crippen LogP contribution in [0.3, 0.4) is 0 Å². The van der Waals surface area contributed by atoms with Crippen LogP contribution in [0.5, 0.6) is 0 Å². The molecule has 3 aromatic heterocycles. The molecular formula is C48H28N4O4S3. The van der Waals surface area contributed by atoms with Crippen molar-refractivity contribution in [2.75, 3.05) is 0 Å². The summed E-state index contributed by atoms with van der Waals surface area (Å²) >= 11 is 5.12. The van der Waals surface area contributed by atoms with Crippen LogP contribution in [-0.2, 0) is 10.8 Å². The minimum Gasteiger partial charge on any atom is -0.288 e. The van der Waals surface area contributed by atoms with Crippen LogP contribution in [0.15, 0.2) is 47.5 Å². The van der Waals surface area contributed by atoms with E-state index in [0.717, 1.165) is 72.2 Å². The molecule has 11 heteroatoms. The highest BCUT2D eigenvalue weighted by Gasteiger charge is 2.59. The van der Waals surface area contributed by atoms with Crippen LogP contribution in [-0.4, -0.2) is 23.1 Å². The highest BCUT2D eigenvalue weighted by atomic mass is 32.1. The van der Waals surface area contributed by atoms with Gasteiger partial charge in [0, 0.05) is 57.3 Å². The third-order valence-electron chi connectivity index (χ3n) is 13.5. The first-order valence-corrected chi connectivity index (χ1v) is 22.1. The van der Waals surface area contributed by atoms with Crippen LogP contribution >= 0.6 is 34.0 Å². The molecule has 8 nitrogen and oxygen atoms in total. The summed E-state index contributed by atoms with van der Waals surface area (Å²) < 4.78 is 2.34. The van der Waals surface area contributed by atoms with Gasteiger partial charge in [-0.2, -0.15) is 10.5 Å². The molecule has 282 valence electrons. The molecule has 59 heavy (non-hydrogen) atoms. The number of hydrogen-bond acceptors (Lipinski definition) is 9. The Bertz CT molecular complexity index is 3080. The van der Waals surface area contributed by atoms with Crippen molar-refractivity contribution < 1.29 is 19.2 Å². The maximum absolute atomic E-state index is 13.7. The van der Waals surface area contributed by atoms with Gasteiger partial charge in [-0.15, -0.1) is 34.0 Å². The Hall–Kier alpha value is -6.34. The number of nitrogens with zero attached hydrogens (tertiary/aromatic N) is 4. The quantitative estimate of drug-likeness (QED) is 0.0992. The van der Waals surface area contributed by atoms with E-state index in [-0.39, 0.29) is 66.7 Å². The van der Waals surface area contributed by atoms with Gasteiger partial charge in [0.05, 0.1) is 40.1 Å². The smallest absolute Gasteiger partial charge is 0.197 e. The Kier molecular flexibility index (Phi) is 7.63. The van der Waals surface area contributed by atoms with Crippen molar-refractivity contribution in [1.29, 1.82) is 10.5 Å². The monoisotopic (exact) mass is 820 g/mol. The summed E-state index contributed by atoms with van der Waals surface area (Å²) in [6, 6.07) is 13.8. The number of benzene rings is 2. The summed E-state index contributed by atoms with van der Waals surface area (Å²) in [5.41, 5.74) is 6.30. The average Bonchev–Trinajstić information content (AvgIpc) is 4.11. The number of fused-ring (bicyclic) bond motifs is 12. The lowest BCUT2D eigenvalue weighted by Gasteiger charge is -2.37. The second-order valence-corrected chi connectivity index (χ2v) is 19.5. The van der Waals surface area contributed by atoms with Crippen molar-refractivity contribution in [1.82, 2.24) is 0 Å². The molecule has 0 amide bonds. The molecule has 0 N–H and O–H groups in total. The van der Waals surface area contributed by atoms with E-state index in [4.69, 9.17) is 13.1 Å². The molecule has 2 fully saturated rings. The Morgan fingerprint density at radius 2 is 1.05 bits per heavy atom. The number of Topliss-reactive ketones (excluding diaryl/α,β-unsaturated/α-hetero) is 4. The highest BCUT2D eigenvalue weighted by molar-refractivity contribution is 7.29. The molecule has 0 radical (unpaired) electrons. The Morgan fingerprint density at radius 3 is 1.56 bits per heavy atom. The lowest BCUT2D eigenvalue weighted by molar-refractivity contribution is 0.0975. The van der Waals surface area contributed by atoms with Gasteiger partial charge >= 0.3 is 0 Å². The molecular weight excluding hydrogens is 793 g/mol. The van der Waals surface area contributed by atoms with Gasteiger partial charge in [-0.05, 0) is 84.4 Å². The summed E-state index contributed by atoms with van der Waals surface area (Å²) in [4.78, 5) is 65.8. The zero-order valence-electron chi connectivity index (χ0n) is 31.3. The van der Waals surface area contributed by atoms with Gasteiger partial charge < -0.3 is 0 Å². The van der Waals surface area contributed by atoms with E-state index >= 15 is 0 Å². The van der Waals surface area contributed by atoms with Crippen LogP contribution < -0.4 is 0 Å². The summed E-state index contributed by atoms with van der Waals surface area (Å²) in [7, 11) is 0. The lowest BCUT2D eigenvalue weighted by Crippen LogP contribution is -2.28. The largest absolute Gasteiger partial charge is 0.288 e. The topological polar surface area (TPSA) is 125 Å². The third-order valence-corrected chi connectivity index (χ3v) is 17.0. The molecule has 2 spiro atoms. The number of carbonyl (C=O) groups excluding carboxylic acids is 4. The number of hydrogen-bond donors (Lipinski definition) is 0. The standard InChI is InChI=1S/C48H28N4O4S3/c1-51-34-19-29-30(20-35(34)52-2)43(56)31(42(29)55)15-25-17-33-44(57-25)37-38(47(33)9-5-3-6-10-47)46-39(48(37)11-7-4-8-12-48)45-36(59-46)18-26(58-45)16-32-40(53)27-13-23(21-49)24(22-50)14-28(27)41(32)54/h13-20H,3-12H2. The molecule has 2 aromatic carbocycles. The highest BCUT2D eigenvalue weighted by Crippen LogP contribution is 2.72. The first-order valence-electron chi connectivity index (χ1n) is 19.7. The Labute approximate surface area is 350 Å². The number of rotatable bonds is 2. The van der Waals surface area contributed by atoms with Crippen molar-refractivity contribution >= 4 is 101 Å². The molecule has 0 saturated heterocycles. The Morgan fingerprint density at radius 1 is 0.576 bits per heavy atom. The summed E-state index contributed by atoms with van der Waals surface area (Å²) in [5, 5.41) is 19.1. The summed E-state index contributed by atoms with van der Waals surface area (Å²) in [5.74, 6) is -1.68. The Balaban J connectivity index is 1.03. The van der Waals surface area contributed by atoms with E-state index in [1.54, 1.807) is 34.8 Å². The number of nitriles is 2. The first-order chi connectivity index (χ1) is 28.7. The van der Waals surface area contributed by atoms with Crippen molar-refractivity contribution in [3.63, 3.8) is 0 Å². The van der Waals surface area contributed by atoms with E-state index in [9.17, 15) is 29.7 Å². The minimum atomic E-state index is -0.432. The second-order valence-electron chi connectivity index (χ2n) is 16.3. The van der Waals surface area contributed by atoms with Gasteiger partial charge in [0.2, 0.25) is 0 Å². The molecule has 0 bridgehead atoms. The number of carbonyl (C=O) groups is 4. The zero-order chi connectivity index (χ0) is 40.5. The summed E-state index contributed by atoms with van der Waals surface area (Å²) in [6.07, 6.45) is 14.2. The molecule has 6 aliphatic carbocycles. The van der Waals surface area contributed by atoms with Crippen LogP contribution in [0.2, 0.25) is 0 Å². The van der Waals surface area contributed by atoms with Crippen LogP contribution in [0.25, 0.3) is 42.4 Å². The molecule has 2 saturated carbocycles. The lowest BCUT2D eigenvalue weighted by atomic mass is 9.67. The van der Waals surface area contributed by atoms with Gasteiger partial charge in [0.25, 0.3) is 0 Å². The molecule has 11 rings (SSSR count). The van der Waals surface area contributed by atoms with Crippen molar-refractivity contribution in [2.24, 2.45) is 0 Å². The fourth-order valence-electron chi connectivity index (χ4n) is 11.0. The van der Waals surface area contributed by atoms with Crippen LogP contribution in [0, 0.1) is 35.8 Å². The molecule has 0 unspecified atom stereocenters. The van der Waals surface area contributed by atoms with Crippen molar-refractivity contribution in [2.45, 2.75) is 75.0 Å². The number of allylic oxidation sites excluding steroid dienone is 4. The van der Waals surface area contributed by atoms with E-state index in [1.165, 1.54) is 67.4 Å². The number of thiophene rings is 3. The minimum absolute atomic E-state index is 0.0459. The second kappa shape index (κ2) is 12.6. The molecule has 0 aliphatic heterocycles. The molecule has 5 aromatic rings. The normalized spacial score (nSPS) is 19.1. The van der Waals surface area contributed by atoms with E-state index in [0.29, 0.717) is 0 Å². The van der Waals surface area contributed by atoms with Gasteiger partial charge in [-0.3, -0.25) is 28.9 Å². The van der Waals surface area contributed by atoms with Gasteiger partial charge in [0.15, 0.2) is 34.5 Å². The van der Waals surface area contributed by atoms with E-state index < -0.39 is 23.1 Å². The van der Waals surface area contributed by atoms with Gasteiger partial charge in [-0.25, -0.2) is 0 Å². The van der Waals surface area contributed by atoms with Gasteiger partial charge in [-0.1, -0.05) is 50.7 Å². The average molecular weight is 821 g/mol. The van der Waals surface area contributed by atoms with Gasteiger partial charge in [0.1, 0.15) is 12.1 Å².